The Labute approximate surface area is 117 Å². The van der Waals surface area contributed by atoms with Crippen LogP contribution in [0.1, 0.15) is 31.2 Å². The summed E-state index contributed by atoms with van der Waals surface area (Å²) in [7, 11) is 1.96. The lowest BCUT2D eigenvalue weighted by Gasteiger charge is -2.16. The summed E-state index contributed by atoms with van der Waals surface area (Å²) >= 11 is 3.58. The summed E-state index contributed by atoms with van der Waals surface area (Å²) in [6.45, 7) is 5.56. The second kappa shape index (κ2) is 7.89. The molecule has 0 aliphatic rings. The summed E-state index contributed by atoms with van der Waals surface area (Å²) in [5.41, 5.74) is 5.06. The van der Waals surface area contributed by atoms with E-state index >= 15 is 0 Å². The molecular weight excluding hydrogens is 296 g/mol. The predicted octanol–water partition coefficient (Wildman–Crippen LogP) is 1.68. The minimum Gasteiger partial charge on any atom is -0.382 e. The fraction of sp³-hybridized carbons (Fsp3) is 0.750. The Balaban J connectivity index is 2.51. The highest BCUT2D eigenvalue weighted by Gasteiger charge is 2.15. The van der Waals surface area contributed by atoms with Crippen molar-refractivity contribution in [3.8, 4) is 0 Å². The van der Waals surface area contributed by atoms with Gasteiger partial charge in [0.15, 0.2) is 0 Å². The van der Waals surface area contributed by atoms with Gasteiger partial charge in [-0.15, -0.1) is 0 Å². The maximum absolute atomic E-state index is 5.61. The van der Waals surface area contributed by atoms with Gasteiger partial charge in [0, 0.05) is 32.7 Å². The van der Waals surface area contributed by atoms with Crippen LogP contribution in [-0.4, -0.2) is 29.0 Å². The molecule has 0 saturated carbocycles. The Morgan fingerprint density at radius 3 is 2.78 bits per heavy atom. The zero-order chi connectivity index (χ0) is 13.5. The van der Waals surface area contributed by atoms with Crippen molar-refractivity contribution in [2.24, 2.45) is 12.9 Å². The van der Waals surface area contributed by atoms with Gasteiger partial charge in [-0.3, -0.25) is 16.0 Å². The third-order valence-corrected chi connectivity index (χ3v) is 4.01. The van der Waals surface area contributed by atoms with Crippen molar-refractivity contribution in [1.29, 1.82) is 0 Å². The summed E-state index contributed by atoms with van der Waals surface area (Å²) in [6, 6.07) is 0.247. The number of aromatic nitrogens is 2. The van der Waals surface area contributed by atoms with Crippen LogP contribution in [0.3, 0.4) is 0 Å². The van der Waals surface area contributed by atoms with Gasteiger partial charge in [-0.2, -0.15) is 5.10 Å². The summed E-state index contributed by atoms with van der Waals surface area (Å²) in [5, 5.41) is 4.38. The maximum Gasteiger partial charge on any atom is 0.0738 e. The molecule has 0 aliphatic heterocycles. The molecular formula is C12H23BrN4O. The molecule has 0 spiro atoms. The van der Waals surface area contributed by atoms with Crippen LogP contribution in [0.5, 0.6) is 0 Å². The number of nitrogens with zero attached hydrogens (tertiary/aromatic N) is 2. The minimum absolute atomic E-state index is 0.247. The Kier molecular flexibility index (Phi) is 6.85. The van der Waals surface area contributed by atoms with E-state index in [0.717, 1.165) is 42.6 Å². The molecule has 104 valence electrons. The fourth-order valence-electron chi connectivity index (χ4n) is 1.96. The fourth-order valence-corrected chi connectivity index (χ4v) is 2.45. The first kappa shape index (κ1) is 15.6. The number of aryl methyl sites for hydroxylation is 2. The van der Waals surface area contributed by atoms with E-state index in [1.165, 1.54) is 5.69 Å². The number of rotatable bonds is 8. The van der Waals surface area contributed by atoms with Crippen molar-refractivity contribution in [2.45, 2.75) is 39.2 Å². The van der Waals surface area contributed by atoms with Crippen molar-refractivity contribution in [3.63, 3.8) is 0 Å². The van der Waals surface area contributed by atoms with E-state index in [-0.39, 0.29) is 6.04 Å². The van der Waals surface area contributed by atoms with E-state index < -0.39 is 0 Å². The number of hydrogen-bond acceptors (Lipinski definition) is 4. The van der Waals surface area contributed by atoms with Gasteiger partial charge in [0.25, 0.3) is 0 Å². The Bertz CT molecular complexity index is 367. The molecule has 5 nitrogen and oxygen atoms in total. The van der Waals surface area contributed by atoms with Crippen LogP contribution < -0.4 is 11.3 Å². The molecule has 3 N–H and O–H groups in total. The molecule has 1 aromatic heterocycles. The average molecular weight is 319 g/mol. The highest BCUT2D eigenvalue weighted by molar-refractivity contribution is 9.10. The summed E-state index contributed by atoms with van der Waals surface area (Å²) in [4.78, 5) is 0. The van der Waals surface area contributed by atoms with Crippen molar-refractivity contribution in [2.75, 3.05) is 13.2 Å². The number of nitrogens with one attached hydrogen (secondary N) is 1. The highest BCUT2D eigenvalue weighted by Crippen LogP contribution is 2.22. The summed E-state index contributed by atoms with van der Waals surface area (Å²) in [6.07, 6.45) is 2.87. The topological polar surface area (TPSA) is 65.1 Å². The SMILES string of the molecule is CCOCCCC(Cc1c(Br)c(C)nn1C)NN. The molecule has 0 aliphatic carbocycles. The van der Waals surface area contributed by atoms with Gasteiger partial charge >= 0.3 is 0 Å². The van der Waals surface area contributed by atoms with Gasteiger partial charge in [-0.05, 0) is 42.6 Å². The largest absolute Gasteiger partial charge is 0.382 e. The average Bonchev–Trinajstić information content (AvgIpc) is 2.59. The quantitative estimate of drug-likeness (QED) is 0.435. The van der Waals surface area contributed by atoms with Crippen LogP contribution in [0.25, 0.3) is 0 Å². The van der Waals surface area contributed by atoms with Crippen LogP contribution in [0, 0.1) is 6.92 Å². The van der Waals surface area contributed by atoms with Gasteiger partial charge in [-0.1, -0.05) is 0 Å². The second-order valence-corrected chi connectivity index (χ2v) is 5.17. The van der Waals surface area contributed by atoms with Crippen LogP contribution >= 0.6 is 15.9 Å². The second-order valence-electron chi connectivity index (χ2n) is 4.38. The molecule has 1 unspecified atom stereocenters. The van der Waals surface area contributed by atoms with E-state index in [2.05, 4.69) is 26.5 Å². The van der Waals surface area contributed by atoms with Gasteiger partial charge in [0.1, 0.15) is 0 Å². The van der Waals surface area contributed by atoms with Crippen molar-refractivity contribution in [1.82, 2.24) is 15.2 Å². The van der Waals surface area contributed by atoms with E-state index in [1.807, 2.05) is 25.6 Å². The number of ether oxygens (including phenoxy) is 1. The number of nitrogens with two attached hydrogens (primary N) is 1. The third kappa shape index (κ3) is 4.35. The first-order chi connectivity index (χ1) is 8.60. The van der Waals surface area contributed by atoms with Crippen molar-refractivity contribution >= 4 is 15.9 Å². The van der Waals surface area contributed by atoms with E-state index in [9.17, 15) is 0 Å². The highest BCUT2D eigenvalue weighted by atomic mass is 79.9. The molecule has 0 aromatic carbocycles. The molecule has 0 fully saturated rings. The molecule has 6 heteroatoms. The molecule has 0 bridgehead atoms. The first-order valence-corrected chi connectivity index (χ1v) is 7.11. The maximum atomic E-state index is 5.61. The molecule has 1 aromatic rings. The minimum atomic E-state index is 0.247. The monoisotopic (exact) mass is 318 g/mol. The van der Waals surface area contributed by atoms with Gasteiger partial charge < -0.3 is 4.74 Å². The lowest BCUT2D eigenvalue weighted by Crippen LogP contribution is -2.37. The van der Waals surface area contributed by atoms with Gasteiger partial charge in [0.2, 0.25) is 0 Å². The first-order valence-electron chi connectivity index (χ1n) is 6.32. The third-order valence-electron chi connectivity index (χ3n) is 2.98. The molecule has 18 heavy (non-hydrogen) atoms. The Morgan fingerprint density at radius 1 is 1.56 bits per heavy atom. The number of halogens is 1. The molecule has 1 rings (SSSR count). The van der Waals surface area contributed by atoms with Gasteiger partial charge in [0.05, 0.1) is 15.9 Å². The smallest absolute Gasteiger partial charge is 0.0738 e. The van der Waals surface area contributed by atoms with Crippen molar-refractivity contribution < 1.29 is 4.74 Å². The Hall–Kier alpha value is -0.430. The standard InChI is InChI=1S/C12H23BrN4O/c1-4-18-7-5-6-10(15-14)8-11-12(13)9(2)16-17(11)3/h10,15H,4-8,14H2,1-3H3. The number of hydrogen-bond donors (Lipinski definition) is 2. The summed E-state index contributed by atoms with van der Waals surface area (Å²) < 4.78 is 8.32. The van der Waals surface area contributed by atoms with E-state index in [4.69, 9.17) is 10.6 Å². The normalized spacial score (nSPS) is 12.9. The lowest BCUT2D eigenvalue weighted by atomic mass is 10.1. The van der Waals surface area contributed by atoms with E-state index in [1.54, 1.807) is 0 Å². The van der Waals surface area contributed by atoms with Crippen LogP contribution in [0.4, 0.5) is 0 Å². The van der Waals surface area contributed by atoms with Crippen LogP contribution in [0.15, 0.2) is 4.47 Å². The van der Waals surface area contributed by atoms with E-state index in [0.29, 0.717) is 0 Å². The molecule has 1 heterocycles. The Morgan fingerprint density at radius 2 is 2.28 bits per heavy atom. The number of hydrazine groups is 1. The summed E-state index contributed by atoms with van der Waals surface area (Å²) in [5.74, 6) is 5.61. The van der Waals surface area contributed by atoms with Crippen LogP contribution in [-0.2, 0) is 18.2 Å². The zero-order valence-electron chi connectivity index (χ0n) is 11.4. The predicted molar refractivity (Wildman–Crippen MR) is 76.2 cm³/mol. The molecule has 0 amide bonds. The van der Waals surface area contributed by atoms with Crippen molar-refractivity contribution in [3.05, 3.63) is 15.9 Å². The lowest BCUT2D eigenvalue weighted by molar-refractivity contribution is 0.140. The van der Waals surface area contributed by atoms with Gasteiger partial charge in [-0.25, -0.2) is 0 Å². The molecule has 0 radical (unpaired) electrons. The molecule has 1 atom stereocenters. The zero-order valence-corrected chi connectivity index (χ0v) is 13.0. The van der Waals surface area contributed by atoms with Crippen LogP contribution in [0.2, 0.25) is 0 Å². The molecule has 0 saturated heterocycles.